The molecule has 0 saturated heterocycles. The van der Waals surface area contributed by atoms with Crippen molar-refractivity contribution in [1.29, 1.82) is 0 Å². The van der Waals surface area contributed by atoms with E-state index in [1.54, 1.807) is 6.92 Å². The van der Waals surface area contributed by atoms with Crippen LogP contribution in [0.1, 0.15) is 27.8 Å². The monoisotopic (exact) mass is 292 g/mol. The minimum absolute atomic E-state index is 0.0529. The minimum Gasteiger partial charge on any atom is -0.383 e. The summed E-state index contributed by atoms with van der Waals surface area (Å²) in [5, 5.41) is 13.6. The van der Waals surface area contributed by atoms with Crippen molar-refractivity contribution in [2.75, 3.05) is 0 Å². The molecule has 1 unspecified atom stereocenters. The van der Waals surface area contributed by atoms with Crippen molar-refractivity contribution in [2.45, 2.75) is 19.2 Å². The SMILES string of the molecule is Cc1nnsc1C(O)c1ccc(F)c(C(F)(F)F)c1. The molecule has 1 N–H and O–H groups in total. The number of aryl methyl sites for hydroxylation is 1. The van der Waals surface area contributed by atoms with Crippen LogP contribution in [0.3, 0.4) is 0 Å². The van der Waals surface area contributed by atoms with E-state index in [2.05, 4.69) is 9.59 Å². The summed E-state index contributed by atoms with van der Waals surface area (Å²) in [4.78, 5) is 0.333. The molecule has 1 atom stereocenters. The second kappa shape index (κ2) is 4.86. The van der Waals surface area contributed by atoms with E-state index in [1.165, 1.54) is 0 Å². The van der Waals surface area contributed by atoms with E-state index in [0.717, 1.165) is 17.6 Å². The van der Waals surface area contributed by atoms with Crippen LogP contribution in [0.5, 0.6) is 0 Å². The third-order valence-corrected chi connectivity index (χ3v) is 3.43. The molecule has 0 aliphatic rings. The van der Waals surface area contributed by atoms with Crippen LogP contribution in [-0.4, -0.2) is 14.7 Å². The maximum atomic E-state index is 13.1. The van der Waals surface area contributed by atoms with E-state index in [0.29, 0.717) is 22.7 Å². The maximum absolute atomic E-state index is 13.1. The van der Waals surface area contributed by atoms with Gasteiger partial charge in [0.15, 0.2) is 0 Å². The standard InChI is InChI=1S/C11H8F4N2OS/c1-5-10(19-17-16-5)9(18)6-2-3-8(12)7(4-6)11(13,14)15/h2-4,9,18H,1H3. The summed E-state index contributed by atoms with van der Waals surface area (Å²) in [7, 11) is 0. The number of rotatable bonds is 2. The third kappa shape index (κ3) is 2.74. The van der Waals surface area contributed by atoms with Gasteiger partial charge in [0.05, 0.1) is 16.1 Å². The van der Waals surface area contributed by atoms with Crippen molar-refractivity contribution < 1.29 is 22.7 Å². The number of aliphatic hydroxyl groups is 1. The fraction of sp³-hybridized carbons (Fsp3) is 0.273. The molecule has 1 aromatic carbocycles. The van der Waals surface area contributed by atoms with Gasteiger partial charge >= 0.3 is 6.18 Å². The number of halogens is 4. The fourth-order valence-corrected chi connectivity index (χ4v) is 2.23. The molecular formula is C11H8F4N2OS. The van der Waals surface area contributed by atoms with Crippen LogP contribution in [0.2, 0.25) is 0 Å². The summed E-state index contributed by atoms with van der Waals surface area (Å²) < 4.78 is 54.4. The van der Waals surface area contributed by atoms with E-state index in [9.17, 15) is 22.7 Å². The molecule has 3 nitrogen and oxygen atoms in total. The van der Waals surface area contributed by atoms with Gasteiger partial charge in [0.2, 0.25) is 0 Å². The Hall–Kier alpha value is -1.54. The Morgan fingerprint density at radius 1 is 1.32 bits per heavy atom. The average molecular weight is 292 g/mol. The number of hydrogen-bond acceptors (Lipinski definition) is 4. The van der Waals surface area contributed by atoms with Crippen molar-refractivity contribution >= 4 is 11.5 Å². The molecule has 0 amide bonds. The molecule has 19 heavy (non-hydrogen) atoms. The van der Waals surface area contributed by atoms with Crippen molar-refractivity contribution in [1.82, 2.24) is 9.59 Å². The van der Waals surface area contributed by atoms with Gasteiger partial charge in [-0.05, 0) is 36.2 Å². The molecule has 0 aliphatic carbocycles. The maximum Gasteiger partial charge on any atom is 0.419 e. The zero-order valence-electron chi connectivity index (χ0n) is 9.57. The molecule has 0 bridgehead atoms. The Bertz CT molecular complexity index is 597. The van der Waals surface area contributed by atoms with Gasteiger partial charge in [-0.15, -0.1) is 5.10 Å². The second-order valence-corrected chi connectivity index (χ2v) is 4.65. The molecule has 0 fully saturated rings. The highest BCUT2D eigenvalue weighted by molar-refractivity contribution is 7.05. The molecular weight excluding hydrogens is 284 g/mol. The van der Waals surface area contributed by atoms with Crippen LogP contribution in [-0.2, 0) is 6.18 Å². The highest BCUT2D eigenvalue weighted by Gasteiger charge is 2.35. The van der Waals surface area contributed by atoms with Crippen molar-refractivity contribution in [3.8, 4) is 0 Å². The number of alkyl halides is 3. The molecule has 0 saturated carbocycles. The summed E-state index contributed by atoms with van der Waals surface area (Å²) in [5.41, 5.74) is -1.03. The van der Waals surface area contributed by atoms with Crippen molar-refractivity contribution in [2.24, 2.45) is 0 Å². The number of hydrogen-bond donors (Lipinski definition) is 1. The molecule has 102 valence electrons. The second-order valence-electron chi connectivity index (χ2n) is 3.86. The van der Waals surface area contributed by atoms with Crippen LogP contribution < -0.4 is 0 Å². The molecule has 0 aliphatic heterocycles. The van der Waals surface area contributed by atoms with Gasteiger partial charge in [0.1, 0.15) is 11.9 Å². The molecule has 0 spiro atoms. The van der Waals surface area contributed by atoms with Crippen LogP contribution in [0.15, 0.2) is 18.2 Å². The van der Waals surface area contributed by atoms with E-state index < -0.39 is 23.7 Å². The third-order valence-electron chi connectivity index (χ3n) is 2.55. The van der Waals surface area contributed by atoms with Crippen LogP contribution in [0.25, 0.3) is 0 Å². The van der Waals surface area contributed by atoms with Gasteiger partial charge in [0.25, 0.3) is 0 Å². The lowest BCUT2D eigenvalue weighted by atomic mass is 10.0. The number of benzene rings is 1. The first-order valence-electron chi connectivity index (χ1n) is 5.14. The van der Waals surface area contributed by atoms with E-state index in [1.807, 2.05) is 0 Å². The van der Waals surface area contributed by atoms with Gasteiger partial charge in [-0.25, -0.2) is 4.39 Å². The minimum atomic E-state index is -4.80. The van der Waals surface area contributed by atoms with Crippen LogP contribution >= 0.6 is 11.5 Å². The lowest BCUT2D eigenvalue weighted by Gasteiger charge is -2.13. The quantitative estimate of drug-likeness (QED) is 0.865. The predicted octanol–water partition coefficient (Wildman–Crippen LogP) is 3.09. The van der Waals surface area contributed by atoms with Gasteiger partial charge in [-0.2, -0.15) is 13.2 Å². The number of aromatic nitrogens is 2. The first-order chi connectivity index (χ1) is 8.80. The Kier molecular flexibility index (Phi) is 3.55. The summed E-state index contributed by atoms with van der Waals surface area (Å²) in [6.07, 6.45) is -6.11. The predicted molar refractivity (Wildman–Crippen MR) is 60.1 cm³/mol. The number of aliphatic hydroxyl groups excluding tert-OH is 1. The van der Waals surface area contributed by atoms with Crippen molar-refractivity contribution in [3.05, 3.63) is 45.7 Å². The average Bonchev–Trinajstić information content (AvgIpc) is 2.73. The highest BCUT2D eigenvalue weighted by atomic mass is 32.1. The topological polar surface area (TPSA) is 46.0 Å². The molecule has 1 heterocycles. The first-order valence-corrected chi connectivity index (χ1v) is 5.91. The lowest BCUT2D eigenvalue weighted by Crippen LogP contribution is -2.10. The molecule has 1 aromatic heterocycles. The summed E-state index contributed by atoms with van der Waals surface area (Å²) in [6, 6.07) is 2.39. The summed E-state index contributed by atoms with van der Waals surface area (Å²) in [5.74, 6) is -1.37. The zero-order chi connectivity index (χ0) is 14.2. The van der Waals surface area contributed by atoms with Crippen LogP contribution in [0, 0.1) is 12.7 Å². The fourth-order valence-electron chi connectivity index (χ4n) is 1.57. The summed E-state index contributed by atoms with van der Waals surface area (Å²) >= 11 is 0.884. The molecule has 0 radical (unpaired) electrons. The number of nitrogens with zero attached hydrogens (tertiary/aromatic N) is 2. The van der Waals surface area contributed by atoms with Crippen molar-refractivity contribution in [3.63, 3.8) is 0 Å². The van der Waals surface area contributed by atoms with Gasteiger partial charge in [-0.1, -0.05) is 10.6 Å². The lowest BCUT2D eigenvalue weighted by molar-refractivity contribution is -0.140. The molecule has 2 aromatic rings. The highest BCUT2D eigenvalue weighted by Crippen LogP contribution is 2.34. The van der Waals surface area contributed by atoms with E-state index in [-0.39, 0.29) is 5.56 Å². The molecule has 2 rings (SSSR count). The van der Waals surface area contributed by atoms with E-state index in [4.69, 9.17) is 0 Å². The van der Waals surface area contributed by atoms with Gasteiger partial charge in [-0.3, -0.25) is 0 Å². The Balaban J connectivity index is 2.44. The van der Waals surface area contributed by atoms with Gasteiger partial charge < -0.3 is 5.11 Å². The first kappa shape index (κ1) is 13.9. The molecule has 8 heteroatoms. The van der Waals surface area contributed by atoms with Gasteiger partial charge in [0, 0.05) is 0 Å². The Labute approximate surface area is 109 Å². The largest absolute Gasteiger partial charge is 0.419 e. The Morgan fingerprint density at radius 2 is 2.00 bits per heavy atom. The summed E-state index contributed by atoms with van der Waals surface area (Å²) in [6.45, 7) is 1.58. The Morgan fingerprint density at radius 3 is 2.53 bits per heavy atom. The smallest absolute Gasteiger partial charge is 0.383 e. The normalized spacial score (nSPS) is 13.6. The zero-order valence-corrected chi connectivity index (χ0v) is 10.4. The van der Waals surface area contributed by atoms with Crippen LogP contribution in [0.4, 0.5) is 17.6 Å². The van der Waals surface area contributed by atoms with E-state index >= 15 is 0 Å².